The van der Waals surface area contributed by atoms with Gasteiger partial charge in [0, 0.05) is 6.54 Å². The predicted molar refractivity (Wildman–Crippen MR) is 70.9 cm³/mol. The number of hydrogen-bond donors (Lipinski definition) is 1. The lowest BCUT2D eigenvalue weighted by Gasteiger charge is -2.07. The van der Waals surface area contributed by atoms with E-state index in [2.05, 4.69) is 20.0 Å². The zero-order chi connectivity index (χ0) is 16.1. The molecular weight excluding hydrogens is 296 g/mol. The third kappa shape index (κ3) is 3.40. The standard InChI is InChI=1S/C14H11F2N3O3/c1-22-14(21)12-10(16)11(18-7-19-12)13(20)17-6-8-2-4-9(15)5-3-8/h2-5,7H,6H2,1H3,(H,17,20). The van der Waals surface area contributed by atoms with Crippen LogP contribution < -0.4 is 5.32 Å². The van der Waals surface area contributed by atoms with Gasteiger partial charge in [-0.1, -0.05) is 12.1 Å². The van der Waals surface area contributed by atoms with Crippen LogP contribution in [-0.4, -0.2) is 29.0 Å². The average Bonchev–Trinajstić information content (AvgIpc) is 2.53. The minimum atomic E-state index is -1.16. The summed E-state index contributed by atoms with van der Waals surface area (Å²) in [5, 5.41) is 2.42. The lowest BCUT2D eigenvalue weighted by molar-refractivity contribution is 0.0587. The van der Waals surface area contributed by atoms with E-state index in [4.69, 9.17) is 0 Å². The van der Waals surface area contributed by atoms with E-state index in [1.807, 2.05) is 0 Å². The molecule has 0 saturated carbocycles. The van der Waals surface area contributed by atoms with E-state index in [1.165, 1.54) is 24.3 Å². The van der Waals surface area contributed by atoms with Gasteiger partial charge in [0.2, 0.25) is 0 Å². The van der Waals surface area contributed by atoms with Crippen molar-refractivity contribution < 1.29 is 23.1 Å². The summed E-state index contributed by atoms with van der Waals surface area (Å²) < 4.78 is 31.1. The molecule has 0 radical (unpaired) electrons. The highest BCUT2D eigenvalue weighted by atomic mass is 19.1. The number of nitrogens with one attached hydrogen (secondary N) is 1. The average molecular weight is 307 g/mol. The van der Waals surface area contributed by atoms with E-state index in [1.54, 1.807) is 0 Å². The molecule has 0 saturated heterocycles. The number of carbonyl (C=O) groups excluding carboxylic acids is 2. The lowest BCUT2D eigenvalue weighted by Crippen LogP contribution is -2.26. The van der Waals surface area contributed by atoms with Crippen LogP contribution in [-0.2, 0) is 11.3 Å². The first-order valence-corrected chi connectivity index (χ1v) is 6.14. The van der Waals surface area contributed by atoms with E-state index in [9.17, 15) is 18.4 Å². The molecule has 2 aromatic rings. The van der Waals surface area contributed by atoms with Crippen LogP contribution in [0.1, 0.15) is 26.5 Å². The number of amides is 1. The molecule has 0 spiro atoms. The molecule has 1 amide bonds. The first-order valence-electron chi connectivity index (χ1n) is 6.14. The molecule has 0 atom stereocenters. The van der Waals surface area contributed by atoms with Crippen molar-refractivity contribution in [3.8, 4) is 0 Å². The molecule has 114 valence electrons. The fourth-order valence-corrected chi connectivity index (χ4v) is 1.64. The van der Waals surface area contributed by atoms with Crippen molar-refractivity contribution in [2.45, 2.75) is 6.54 Å². The number of methoxy groups -OCH3 is 1. The second-order valence-corrected chi connectivity index (χ2v) is 4.19. The minimum absolute atomic E-state index is 0.0517. The molecule has 1 heterocycles. The van der Waals surface area contributed by atoms with Gasteiger partial charge in [0.05, 0.1) is 7.11 Å². The second kappa shape index (κ2) is 6.70. The topological polar surface area (TPSA) is 81.2 Å². The van der Waals surface area contributed by atoms with Gasteiger partial charge in [-0.05, 0) is 17.7 Å². The summed E-state index contributed by atoms with van der Waals surface area (Å²) >= 11 is 0. The highest BCUT2D eigenvalue weighted by Gasteiger charge is 2.22. The number of halogens is 2. The number of benzene rings is 1. The van der Waals surface area contributed by atoms with Crippen molar-refractivity contribution in [1.29, 1.82) is 0 Å². The molecule has 1 aromatic heterocycles. The zero-order valence-electron chi connectivity index (χ0n) is 11.5. The van der Waals surface area contributed by atoms with Crippen LogP contribution >= 0.6 is 0 Å². The summed E-state index contributed by atoms with van der Waals surface area (Å²) in [6, 6.07) is 5.43. The van der Waals surface area contributed by atoms with E-state index in [-0.39, 0.29) is 6.54 Å². The molecule has 22 heavy (non-hydrogen) atoms. The maximum Gasteiger partial charge on any atom is 0.359 e. The van der Waals surface area contributed by atoms with Gasteiger partial charge in [-0.2, -0.15) is 0 Å². The normalized spacial score (nSPS) is 10.1. The molecule has 0 aliphatic carbocycles. The van der Waals surface area contributed by atoms with Gasteiger partial charge in [0.25, 0.3) is 5.91 Å². The maximum atomic E-state index is 14.0. The van der Waals surface area contributed by atoms with Crippen LogP contribution in [0.15, 0.2) is 30.6 Å². The van der Waals surface area contributed by atoms with Crippen LogP contribution in [0.5, 0.6) is 0 Å². The second-order valence-electron chi connectivity index (χ2n) is 4.19. The number of aromatic nitrogens is 2. The number of esters is 1. The number of hydrogen-bond acceptors (Lipinski definition) is 5. The van der Waals surface area contributed by atoms with Crippen molar-refractivity contribution in [3.63, 3.8) is 0 Å². The summed E-state index contributed by atoms with van der Waals surface area (Å²) in [5.74, 6) is -3.40. The Bertz CT molecular complexity index is 705. The summed E-state index contributed by atoms with van der Waals surface area (Å²) in [6.07, 6.45) is 0.891. The summed E-state index contributed by atoms with van der Waals surface area (Å²) in [4.78, 5) is 30.2. The van der Waals surface area contributed by atoms with Gasteiger partial charge in [0.15, 0.2) is 17.2 Å². The van der Waals surface area contributed by atoms with Crippen LogP contribution in [0.4, 0.5) is 8.78 Å². The molecule has 0 bridgehead atoms. The molecule has 8 heteroatoms. The van der Waals surface area contributed by atoms with E-state index >= 15 is 0 Å². The Kier molecular flexibility index (Phi) is 4.72. The first-order chi connectivity index (χ1) is 10.5. The van der Waals surface area contributed by atoms with E-state index in [0.29, 0.717) is 5.56 Å². The Balaban J connectivity index is 2.12. The van der Waals surface area contributed by atoms with Gasteiger partial charge in [-0.25, -0.2) is 23.5 Å². The minimum Gasteiger partial charge on any atom is -0.464 e. The predicted octanol–water partition coefficient (Wildman–Crippen LogP) is 1.47. The Labute approximate surface area is 124 Å². The molecule has 0 aliphatic rings. The number of ether oxygens (including phenoxy) is 1. The van der Waals surface area contributed by atoms with Crippen LogP contribution in [0.2, 0.25) is 0 Å². The SMILES string of the molecule is COC(=O)c1ncnc(C(=O)NCc2ccc(F)cc2)c1F. The molecule has 0 unspecified atom stereocenters. The Morgan fingerprint density at radius 3 is 2.41 bits per heavy atom. The third-order valence-electron chi connectivity index (χ3n) is 2.75. The molecule has 1 aromatic carbocycles. The van der Waals surface area contributed by atoms with E-state index in [0.717, 1.165) is 13.4 Å². The zero-order valence-corrected chi connectivity index (χ0v) is 11.5. The summed E-state index contributed by atoms with van der Waals surface area (Å²) in [6.45, 7) is 0.0517. The molecule has 2 rings (SSSR count). The maximum absolute atomic E-state index is 14.0. The lowest BCUT2D eigenvalue weighted by atomic mass is 10.2. The smallest absolute Gasteiger partial charge is 0.359 e. The molecule has 1 N–H and O–H groups in total. The monoisotopic (exact) mass is 307 g/mol. The molecule has 6 nitrogen and oxygen atoms in total. The van der Waals surface area contributed by atoms with Crippen molar-refractivity contribution in [2.24, 2.45) is 0 Å². The van der Waals surface area contributed by atoms with Gasteiger partial charge >= 0.3 is 5.97 Å². The third-order valence-corrected chi connectivity index (χ3v) is 2.75. The van der Waals surface area contributed by atoms with Gasteiger partial charge in [0.1, 0.15) is 12.1 Å². The van der Waals surface area contributed by atoms with Gasteiger partial charge < -0.3 is 10.1 Å². The Morgan fingerprint density at radius 2 is 1.77 bits per heavy atom. The van der Waals surface area contributed by atoms with Crippen molar-refractivity contribution in [3.05, 3.63) is 59.2 Å². The first kappa shape index (κ1) is 15.5. The Morgan fingerprint density at radius 1 is 1.14 bits per heavy atom. The van der Waals surface area contributed by atoms with Gasteiger partial charge in [-0.3, -0.25) is 4.79 Å². The Hall–Kier alpha value is -2.90. The highest BCUT2D eigenvalue weighted by Crippen LogP contribution is 2.09. The van der Waals surface area contributed by atoms with Gasteiger partial charge in [-0.15, -0.1) is 0 Å². The quantitative estimate of drug-likeness (QED) is 0.865. The molecular formula is C14H11F2N3O3. The number of carbonyl (C=O) groups is 2. The van der Waals surface area contributed by atoms with Crippen molar-refractivity contribution in [2.75, 3.05) is 7.11 Å². The molecule has 0 fully saturated rings. The molecule has 0 aliphatic heterocycles. The fourth-order valence-electron chi connectivity index (χ4n) is 1.64. The van der Waals surface area contributed by atoms with Crippen LogP contribution in [0.25, 0.3) is 0 Å². The highest BCUT2D eigenvalue weighted by molar-refractivity contribution is 5.95. The largest absolute Gasteiger partial charge is 0.464 e. The van der Waals surface area contributed by atoms with Crippen molar-refractivity contribution in [1.82, 2.24) is 15.3 Å². The van der Waals surface area contributed by atoms with E-state index < -0.39 is 34.9 Å². The van der Waals surface area contributed by atoms with Crippen molar-refractivity contribution >= 4 is 11.9 Å². The number of nitrogens with zero attached hydrogens (tertiary/aromatic N) is 2. The summed E-state index contributed by atoms with van der Waals surface area (Å²) in [7, 11) is 1.07. The van der Waals surface area contributed by atoms with Crippen LogP contribution in [0, 0.1) is 11.6 Å². The fraction of sp³-hybridized carbons (Fsp3) is 0.143. The van der Waals surface area contributed by atoms with Crippen LogP contribution in [0.3, 0.4) is 0 Å². The summed E-state index contributed by atoms with van der Waals surface area (Å²) in [5.41, 5.74) is -0.570. The number of rotatable bonds is 4.